The quantitative estimate of drug-likeness (QED) is 0.513. The molecule has 0 radical (unpaired) electrons. The van der Waals surface area contributed by atoms with Gasteiger partial charge in [-0.2, -0.15) is 0 Å². The van der Waals surface area contributed by atoms with Gasteiger partial charge in [0.1, 0.15) is 0 Å². The number of carboxylic acids is 1. The molecule has 1 rings (SSSR count). The van der Waals surface area contributed by atoms with Crippen LogP contribution in [0.25, 0.3) is 0 Å². The zero-order chi connectivity index (χ0) is 9.14. The number of non-ortho nitro benzene ring substituents is 1. The maximum atomic E-state index is 10.3. The molecule has 0 unspecified atom stereocenters. The third-order valence-corrected chi connectivity index (χ3v) is 1.33. The largest absolute Gasteiger partial charge is 0.478 e. The molecule has 1 N–H and O–H groups in total. The Labute approximate surface area is 90.5 Å². The molecule has 0 saturated carbocycles. The van der Waals surface area contributed by atoms with Gasteiger partial charge in [-0.15, -0.1) is 24.0 Å². The van der Waals surface area contributed by atoms with Crippen molar-refractivity contribution in [3.63, 3.8) is 0 Å². The molecule has 0 aliphatic carbocycles. The van der Waals surface area contributed by atoms with Crippen LogP contribution in [0.3, 0.4) is 0 Å². The first-order chi connectivity index (χ1) is 5.61. The first-order valence-electron chi connectivity index (χ1n) is 3.09. The Hall–Kier alpha value is -1.18. The monoisotopic (exact) mass is 295 g/mol. The van der Waals surface area contributed by atoms with E-state index >= 15 is 0 Å². The van der Waals surface area contributed by atoms with Crippen LogP contribution in [0.4, 0.5) is 5.69 Å². The zero-order valence-electron chi connectivity index (χ0n) is 6.34. The van der Waals surface area contributed by atoms with Crippen LogP contribution in [0.5, 0.6) is 0 Å². The number of nitro groups is 1. The third-order valence-electron chi connectivity index (χ3n) is 1.33. The van der Waals surface area contributed by atoms with E-state index in [1.54, 1.807) is 0 Å². The Balaban J connectivity index is 0.00000144. The second-order valence-corrected chi connectivity index (χ2v) is 2.11. The molecular weight excluding hydrogens is 289 g/mol. The van der Waals surface area contributed by atoms with E-state index in [1.165, 1.54) is 12.1 Å². The number of carbonyl (C=O) groups is 1. The molecule has 0 bridgehead atoms. The number of hydrogen-bond acceptors (Lipinski definition) is 3. The first kappa shape index (κ1) is 11.8. The number of nitrogens with zero attached hydrogens (tertiary/aromatic N) is 1. The highest BCUT2D eigenvalue weighted by Gasteiger charge is 2.06. The SMILES string of the molecule is I.O=C(O)c1ccc([N+](=O)[O-])cc1. The smallest absolute Gasteiger partial charge is 0.335 e. The number of halogens is 1. The molecule has 0 heterocycles. The molecule has 5 nitrogen and oxygen atoms in total. The van der Waals surface area contributed by atoms with Gasteiger partial charge < -0.3 is 5.11 Å². The topological polar surface area (TPSA) is 80.4 Å². The second-order valence-electron chi connectivity index (χ2n) is 2.11. The molecule has 0 aliphatic heterocycles. The van der Waals surface area contributed by atoms with E-state index in [0.717, 1.165) is 12.1 Å². The Bertz CT molecular complexity index is 289. The summed E-state index contributed by atoms with van der Waals surface area (Å²) in [5.74, 6) is -1.09. The maximum Gasteiger partial charge on any atom is 0.335 e. The Kier molecular flexibility index (Phi) is 4.32. The fourth-order valence-electron chi connectivity index (χ4n) is 0.726. The average Bonchev–Trinajstić information content (AvgIpc) is 2.04. The number of carboxylic acid groups (broad SMARTS) is 1. The van der Waals surface area contributed by atoms with Crippen LogP contribution in [-0.4, -0.2) is 16.0 Å². The van der Waals surface area contributed by atoms with Gasteiger partial charge in [-0.3, -0.25) is 10.1 Å². The number of hydrogen-bond donors (Lipinski definition) is 1. The number of benzene rings is 1. The van der Waals surface area contributed by atoms with Crippen molar-refractivity contribution < 1.29 is 14.8 Å². The van der Waals surface area contributed by atoms with E-state index in [-0.39, 0.29) is 35.2 Å². The lowest BCUT2D eigenvalue weighted by Gasteiger charge is -1.92. The lowest BCUT2D eigenvalue weighted by molar-refractivity contribution is -0.384. The van der Waals surface area contributed by atoms with E-state index in [0.29, 0.717) is 0 Å². The van der Waals surface area contributed by atoms with Crippen molar-refractivity contribution in [3.05, 3.63) is 39.9 Å². The molecule has 1 aromatic rings. The lowest BCUT2D eigenvalue weighted by atomic mass is 10.2. The van der Waals surface area contributed by atoms with Gasteiger partial charge in [-0.05, 0) is 12.1 Å². The van der Waals surface area contributed by atoms with Gasteiger partial charge in [0.25, 0.3) is 5.69 Å². The van der Waals surface area contributed by atoms with Gasteiger partial charge in [-0.1, -0.05) is 0 Å². The van der Waals surface area contributed by atoms with E-state index < -0.39 is 10.9 Å². The standard InChI is InChI=1S/C7H5NO4.HI/c9-7(10)5-1-3-6(4-2-5)8(11)12;/h1-4H,(H,9,10);1H. The number of aromatic carboxylic acids is 1. The molecule has 0 aromatic heterocycles. The van der Waals surface area contributed by atoms with Crippen molar-refractivity contribution in [3.8, 4) is 0 Å². The number of nitro benzene ring substituents is 1. The Morgan fingerprint density at radius 3 is 2.08 bits per heavy atom. The van der Waals surface area contributed by atoms with Crippen LogP contribution in [-0.2, 0) is 0 Å². The minimum absolute atomic E-state index is 0. The van der Waals surface area contributed by atoms with Crippen molar-refractivity contribution in [2.45, 2.75) is 0 Å². The summed E-state index contributed by atoms with van der Waals surface area (Å²) < 4.78 is 0. The van der Waals surface area contributed by atoms with E-state index in [1.807, 2.05) is 0 Å². The van der Waals surface area contributed by atoms with Gasteiger partial charge in [0.05, 0.1) is 10.5 Å². The fourth-order valence-corrected chi connectivity index (χ4v) is 0.726. The number of rotatable bonds is 2. The Morgan fingerprint density at radius 1 is 1.31 bits per heavy atom. The van der Waals surface area contributed by atoms with E-state index in [9.17, 15) is 14.9 Å². The highest BCUT2D eigenvalue weighted by atomic mass is 127. The summed E-state index contributed by atoms with van der Waals surface area (Å²) in [7, 11) is 0. The van der Waals surface area contributed by atoms with Crippen molar-refractivity contribution in [1.82, 2.24) is 0 Å². The maximum absolute atomic E-state index is 10.3. The molecule has 0 aliphatic rings. The average molecular weight is 295 g/mol. The van der Waals surface area contributed by atoms with E-state index in [2.05, 4.69) is 0 Å². The summed E-state index contributed by atoms with van der Waals surface area (Å²) >= 11 is 0. The molecular formula is C7H6INO4. The van der Waals surface area contributed by atoms with Gasteiger partial charge in [0.2, 0.25) is 0 Å². The van der Waals surface area contributed by atoms with Crippen molar-refractivity contribution in [2.75, 3.05) is 0 Å². The van der Waals surface area contributed by atoms with Crippen molar-refractivity contribution in [1.29, 1.82) is 0 Å². The van der Waals surface area contributed by atoms with Gasteiger partial charge in [0.15, 0.2) is 0 Å². The predicted octanol–water partition coefficient (Wildman–Crippen LogP) is 1.91. The summed E-state index contributed by atoms with van der Waals surface area (Å²) in [5, 5.41) is 18.6. The van der Waals surface area contributed by atoms with Crippen LogP contribution in [0.1, 0.15) is 10.4 Å². The van der Waals surface area contributed by atoms with Crippen LogP contribution in [0.2, 0.25) is 0 Å². The summed E-state index contributed by atoms with van der Waals surface area (Å²) in [4.78, 5) is 19.9. The summed E-state index contributed by atoms with van der Waals surface area (Å²) in [6.45, 7) is 0. The van der Waals surface area contributed by atoms with Gasteiger partial charge in [0, 0.05) is 12.1 Å². The predicted molar refractivity (Wildman–Crippen MR) is 55.5 cm³/mol. The zero-order valence-corrected chi connectivity index (χ0v) is 8.67. The molecule has 0 amide bonds. The van der Waals surface area contributed by atoms with Crippen molar-refractivity contribution in [2.24, 2.45) is 0 Å². The minimum Gasteiger partial charge on any atom is -0.478 e. The first-order valence-corrected chi connectivity index (χ1v) is 3.09. The highest BCUT2D eigenvalue weighted by Crippen LogP contribution is 2.11. The lowest BCUT2D eigenvalue weighted by Crippen LogP contribution is -1.96. The summed E-state index contributed by atoms with van der Waals surface area (Å²) in [5.41, 5.74) is -0.0689. The van der Waals surface area contributed by atoms with Crippen LogP contribution in [0.15, 0.2) is 24.3 Å². The highest BCUT2D eigenvalue weighted by molar-refractivity contribution is 14.0. The molecule has 0 spiro atoms. The van der Waals surface area contributed by atoms with Gasteiger partial charge >= 0.3 is 5.97 Å². The fraction of sp³-hybridized carbons (Fsp3) is 0. The van der Waals surface area contributed by atoms with Crippen LogP contribution < -0.4 is 0 Å². The van der Waals surface area contributed by atoms with Crippen LogP contribution in [0, 0.1) is 10.1 Å². The molecule has 1 aromatic carbocycles. The Morgan fingerprint density at radius 2 is 1.77 bits per heavy atom. The second kappa shape index (κ2) is 4.75. The molecule has 0 atom stereocenters. The normalized spacial score (nSPS) is 8.62. The molecule has 70 valence electrons. The minimum atomic E-state index is -1.09. The summed E-state index contributed by atoms with van der Waals surface area (Å²) in [6, 6.07) is 4.70. The molecule has 6 heteroatoms. The van der Waals surface area contributed by atoms with E-state index in [4.69, 9.17) is 5.11 Å². The molecule has 13 heavy (non-hydrogen) atoms. The summed E-state index contributed by atoms with van der Waals surface area (Å²) in [6.07, 6.45) is 0. The molecule has 0 saturated heterocycles. The third kappa shape index (κ3) is 2.98. The van der Waals surface area contributed by atoms with Crippen molar-refractivity contribution >= 4 is 35.6 Å². The van der Waals surface area contributed by atoms with Gasteiger partial charge in [-0.25, -0.2) is 4.79 Å². The van der Waals surface area contributed by atoms with Crippen LogP contribution >= 0.6 is 24.0 Å². The molecule has 0 fully saturated rings.